The van der Waals surface area contributed by atoms with Gasteiger partial charge in [-0.3, -0.25) is 4.79 Å². The molecule has 0 amide bonds. The second-order valence-electron chi connectivity index (χ2n) is 4.89. The lowest BCUT2D eigenvalue weighted by molar-refractivity contribution is -0.137. The van der Waals surface area contributed by atoms with Crippen molar-refractivity contribution in [3.8, 4) is 0 Å². The molecule has 0 fully saturated rings. The maximum atomic E-state index is 10.3. The maximum Gasteiger partial charge on any atom is 0.303 e. The van der Waals surface area contributed by atoms with E-state index in [1.54, 1.807) is 0 Å². The largest absolute Gasteiger partial charge is 0.481 e. The summed E-state index contributed by atoms with van der Waals surface area (Å²) in [6.45, 7) is 3.84. The van der Waals surface area contributed by atoms with Crippen molar-refractivity contribution in [2.75, 3.05) is 0 Å². The number of hydrogen-bond acceptors (Lipinski definition) is 1. The van der Waals surface area contributed by atoms with E-state index in [1.165, 1.54) is 57.8 Å². The first-order chi connectivity index (χ1) is 8.27. The van der Waals surface area contributed by atoms with Crippen molar-refractivity contribution in [3.05, 3.63) is 6.92 Å². The van der Waals surface area contributed by atoms with Gasteiger partial charge in [0.1, 0.15) is 0 Å². The summed E-state index contributed by atoms with van der Waals surface area (Å²) in [7, 11) is 0. The predicted octanol–water partition coefficient (Wildman–Crippen LogP) is 5.09. The minimum atomic E-state index is -0.660. The fourth-order valence-electron chi connectivity index (χ4n) is 2.04. The Hall–Kier alpha value is -0.180. The van der Waals surface area contributed by atoms with E-state index < -0.39 is 5.97 Å². The summed E-state index contributed by atoms with van der Waals surface area (Å²) in [4.78, 5) is 10.3. The Balaban J connectivity index is 0. The Bertz CT molecular complexity index is 172. The van der Waals surface area contributed by atoms with Crippen molar-refractivity contribution in [3.63, 3.8) is 0 Å². The standard InChI is InChI=1S/C15H29O2.H2S/c1-2-3-4-5-6-7-8-9-10-11-12-13-14-15(16)17;/h1-14H2,(H,16,17);1H2. The van der Waals surface area contributed by atoms with Crippen molar-refractivity contribution >= 4 is 19.5 Å². The third-order valence-electron chi connectivity index (χ3n) is 3.14. The zero-order valence-electron chi connectivity index (χ0n) is 11.8. The average molecular weight is 275 g/mol. The van der Waals surface area contributed by atoms with Crippen LogP contribution >= 0.6 is 13.5 Å². The topological polar surface area (TPSA) is 37.3 Å². The van der Waals surface area contributed by atoms with Crippen LogP contribution in [0.4, 0.5) is 0 Å². The number of unbranched alkanes of at least 4 members (excludes halogenated alkanes) is 11. The van der Waals surface area contributed by atoms with Gasteiger partial charge in [0.15, 0.2) is 0 Å². The van der Waals surface area contributed by atoms with Gasteiger partial charge in [-0.25, -0.2) is 0 Å². The summed E-state index contributed by atoms with van der Waals surface area (Å²) >= 11 is 0. The van der Waals surface area contributed by atoms with E-state index in [0.717, 1.165) is 19.3 Å². The third-order valence-corrected chi connectivity index (χ3v) is 3.14. The lowest BCUT2D eigenvalue weighted by Gasteiger charge is -2.02. The number of hydrogen-bond donors (Lipinski definition) is 1. The van der Waals surface area contributed by atoms with Crippen molar-refractivity contribution in [2.45, 2.75) is 83.5 Å². The highest BCUT2D eigenvalue weighted by Crippen LogP contribution is 2.12. The van der Waals surface area contributed by atoms with E-state index in [1.807, 2.05) is 0 Å². The van der Waals surface area contributed by atoms with Crippen LogP contribution in [0.1, 0.15) is 83.5 Å². The monoisotopic (exact) mass is 275 g/mol. The van der Waals surface area contributed by atoms with Gasteiger partial charge in [0.2, 0.25) is 0 Å². The SMILES string of the molecule is S.[CH2]CCCCCCCCCCCCCC(=O)O. The molecule has 0 saturated carbocycles. The molecule has 1 radical (unpaired) electrons. The maximum absolute atomic E-state index is 10.3. The molecule has 0 bridgehead atoms. The van der Waals surface area contributed by atoms with Crippen molar-refractivity contribution in [1.82, 2.24) is 0 Å². The van der Waals surface area contributed by atoms with Crippen LogP contribution in [-0.2, 0) is 4.79 Å². The molecule has 0 atom stereocenters. The van der Waals surface area contributed by atoms with Gasteiger partial charge in [0.25, 0.3) is 0 Å². The number of rotatable bonds is 13. The first-order valence-electron chi connectivity index (χ1n) is 7.28. The van der Waals surface area contributed by atoms with E-state index >= 15 is 0 Å². The fourth-order valence-corrected chi connectivity index (χ4v) is 2.04. The van der Waals surface area contributed by atoms with Crippen LogP contribution in [0.2, 0.25) is 0 Å². The minimum Gasteiger partial charge on any atom is -0.481 e. The van der Waals surface area contributed by atoms with Gasteiger partial charge in [-0.2, -0.15) is 13.5 Å². The van der Waals surface area contributed by atoms with Crippen LogP contribution in [0.5, 0.6) is 0 Å². The molecule has 1 N–H and O–H groups in total. The van der Waals surface area contributed by atoms with E-state index in [0.29, 0.717) is 6.42 Å². The van der Waals surface area contributed by atoms with Gasteiger partial charge >= 0.3 is 5.97 Å². The molecule has 0 rings (SSSR count). The van der Waals surface area contributed by atoms with E-state index in [-0.39, 0.29) is 13.5 Å². The fraction of sp³-hybridized carbons (Fsp3) is 0.867. The van der Waals surface area contributed by atoms with Crippen LogP contribution in [-0.4, -0.2) is 11.1 Å². The number of aliphatic carboxylic acids is 1. The van der Waals surface area contributed by atoms with Crippen LogP contribution < -0.4 is 0 Å². The first kappa shape index (κ1) is 20.1. The Morgan fingerprint density at radius 2 is 1.06 bits per heavy atom. The summed E-state index contributed by atoms with van der Waals surface area (Å²) in [5, 5.41) is 8.47. The van der Waals surface area contributed by atoms with Crippen LogP contribution in [0.15, 0.2) is 0 Å². The molecule has 0 aliphatic carbocycles. The quantitative estimate of drug-likeness (QED) is 0.475. The summed E-state index contributed by atoms with van der Waals surface area (Å²) in [6.07, 6.45) is 15.2. The molecule has 0 aliphatic heterocycles. The Kier molecular flexibility index (Phi) is 18.8. The van der Waals surface area contributed by atoms with E-state index in [2.05, 4.69) is 6.92 Å². The average Bonchev–Trinajstić information content (AvgIpc) is 2.30. The predicted molar refractivity (Wildman–Crippen MR) is 83.4 cm³/mol. The summed E-state index contributed by atoms with van der Waals surface area (Å²) < 4.78 is 0. The summed E-state index contributed by atoms with van der Waals surface area (Å²) in [5.74, 6) is -0.660. The van der Waals surface area contributed by atoms with Gasteiger partial charge in [-0.05, 0) is 6.42 Å². The molecule has 109 valence electrons. The number of carboxylic acids is 1. The van der Waals surface area contributed by atoms with Gasteiger partial charge in [-0.1, -0.05) is 77.6 Å². The third kappa shape index (κ3) is 18.2. The molecule has 0 unspecified atom stereocenters. The van der Waals surface area contributed by atoms with Gasteiger partial charge in [0.05, 0.1) is 0 Å². The Morgan fingerprint density at radius 1 is 0.722 bits per heavy atom. The molecular weight excluding hydrogens is 244 g/mol. The number of carboxylic acid groups (broad SMARTS) is 1. The molecule has 3 heteroatoms. The van der Waals surface area contributed by atoms with Gasteiger partial charge < -0.3 is 5.11 Å². The normalized spacial score (nSPS) is 10.1. The Morgan fingerprint density at radius 3 is 1.39 bits per heavy atom. The summed E-state index contributed by atoms with van der Waals surface area (Å²) in [5.41, 5.74) is 0. The van der Waals surface area contributed by atoms with E-state index in [9.17, 15) is 4.79 Å². The molecule has 0 saturated heterocycles. The smallest absolute Gasteiger partial charge is 0.303 e. The number of carbonyl (C=O) groups is 1. The van der Waals surface area contributed by atoms with E-state index in [4.69, 9.17) is 5.11 Å². The second-order valence-corrected chi connectivity index (χ2v) is 4.89. The molecule has 0 aromatic carbocycles. The molecule has 0 heterocycles. The zero-order chi connectivity index (χ0) is 12.8. The van der Waals surface area contributed by atoms with Crippen LogP contribution in [0, 0.1) is 6.92 Å². The molecule has 18 heavy (non-hydrogen) atoms. The lowest BCUT2D eigenvalue weighted by Crippen LogP contribution is -1.93. The van der Waals surface area contributed by atoms with Crippen molar-refractivity contribution in [2.24, 2.45) is 0 Å². The van der Waals surface area contributed by atoms with Crippen LogP contribution in [0.3, 0.4) is 0 Å². The summed E-state index contributed by atoms with van der Waals surface area (Å²) in [6, 6.07) is 0. The molecule has 0 spiro atoms. The van der Waals surface area contributed by atoms with Crippen molar-refractivity contribution in [1.29, 1.82) is 0 Å². The van der Waals surface area contributed by atoms with Crippen LogP contribution in [0.25, 0.3) is 0 Å². The highest BCUT2D eigenvalue weighted by Gasteiger charge is 1.96. The molecular formula is C15H31O2S. The van der Waals surface area contributed by atoms with Crippen molar-refractivity contribution < 1.29 is 9.90 Å². The second kappa shape index (κ2) is 16.8. The van der Waals surface area contributed by atoms with Gasteiger partial charge in [0, 0.05) is 6.42 Å². The first-order valence-corrected chi connectivity index (χ1v) is 7.28. The minimum absolute atomic E-state index is 0. The molecule has 0 aromatic heterocycles. The molecule has 0 aliphatic rings. The molecule has 0 aromatic rings. The Labute approximate surface area is 120 Å². The zero-order valence-corrected chi connectivity index (χ0v) is 12.8. The molecule has 2 nitrogen and oxygen atoms in total. The highest BCUT2D eigenvalue weighted by atomic mass is 32.1. The van der Waals surface area contributed by atoms with Gasteiger partial charge in [-0.15, -0.1) is 0 Å². The highest BCUT2D eigenvalue weighted by molar-refractivity contribution is 7.59. The lowest BCUT2D eigenvalue weighted by atomic mass is 10.0.